The number of benzene rings is 2. The average Bonchev–Trinajstić information content (AvgIpc) is 3.16. The molecule has 0 aliphatic rings. The molecule has 8 nitrogen and oxygen atoms in total. The van der Waals surface area contributed by atoms with E-state index >= 15 is 0 Å². The van der Waals surface area contributed by atoms with Gasteiger partial charge in [-0.25, -0.2) is 0 Å². The molecule has 3 rings (SSSR count). The van der Waals surface area contributed by atoms with Gasteiger partial charge in [0.05, 0.1) is 10.7 Å². The van der Waals surface area contributed by atoms with Crippen LogP contribution in [0.15, 0.2) is 58.9 Å². The molecule has 146 valence electrons. The van der Waals surface area contributed by atoms with E-state index in [4.69, 9.17) is 16.3 Å². The van der Waals surface area contributed by atoms with Gasteiger partial charge in [-0.1, -0.05) is 53.3 Å². The second-order valence-electron chi connectivity index (χ2n) is 5.45. The number of carbonyl (C=O) groups is 1. The lowest BCUT2D eigenvalue weighted by atomic mass is 10.3. The smallest absolute Gasteiger partial charge is 0.293 e. The number of rotatable bonds is 7. The molecule has 3 aromatic rings. The van der Waals surface area contributed by atoms with Crippen LogP contribution in [0.1, 0.15) is 0 Å². The highest BCUT2D eigenvalue weighted by atomic mass is 35.5. The fraction of sp³-hybridized carbons (Fsp3) is 0.118. The summed E-state index contributed by atoms with van der Waals surface area (Å²) in [7, 11) is -2.47. The van der Waals surface area contributed by atoms with Crippen molar-refractivity contribution >= 4 is 49.7 Å². The molecule has 0 unspecified atom stereocenters. The van der Waals surface area contributed by atoms with Gasteiger partial charge in [0.2, 0.25) is 5.13 Å². The number of halogens is 1. The highest BCUT2D eigenvalue weighted by Crippen LogP contribution is 2.26. The van der Waals surface area contributed by atoms with E-state index in [0.29, 0.717) is 16.5 Å². The molecule has 1 N–H and O–H groups in total. The second-order valence-corrected chi connectivity index (χ2v) is 8.98. The molecule has 0 fully saturated rings. The first-order valence-electron chi connectivity index (χ1n) is 7.92. The minimum absolute atomic E-state index is 0.0489. The van der Waals surface area contributed by atoms with Gasteiger partial charge in [0, 0.05) is 7.05 Å². The van der Waals surface area contributed by atoms with Gasteiger partial charge in [0.15, 0.2) is 6.61 Å². The average molecular weight is 439 g/mol. The zero-order chi connectivity index (χ0) is 20.1. The summed E-state index contributed by atoms with van der Waals surface area (Å²) in [4.78, 5) is 12.0. The van der Waals surface area contributed by atoms with Crippen LogP contribution in [0.2, 0.25) is 5.02 Å². The van der Waals surface area contributed by atoms with Crippen molar-refractivity contribution in [2.75, 3.05) is 23.3 Å². The monoisotopic (exact) mass is 438 g/mol. The van der Waals surface area contributed by atoms with Crippen LogP contribution in [0, 0.1) is 0 Å². The summed E-state index contributed by atoms with van der Waals surface area (Å²) in [6, 6.07) is 15.3. The van der Waals surface area contributed by atoms with Gasteiger partial charge in [0.25, 0.3) is 20.3 Å². The molecular weight excluding hydrogens is 424 g/mol. The topological polar surface area (TPSA) is 101 Å². The lowest BCUT2D eigenvalue weighted by molar-refractivity contribution is -0.118. The van der Waals surface area contributed by atoms with Crippen LogP contribution >= 0.6 is 22.9 Å². The number of sulfonamides is 1. The highest BCUT2D eigenvalue weighted by molar-refractivity contribution is 7.94. The Bertz CT molecular complexity index is 1070. The maximum atomic E-state index is 12.7. The zero-order valence-corrected chi connectivity index (χ0v) is 17.0. The molecule has 0 spiro atoms. The Morgan fingerprint density at radius 1 is 1.14 bits per heavy atom. The summed E-state index contributed by atoms with van der Waals surface area (Å²) in [5.41, 5.74) is 0.483. The van der Waals surface area contributed by atoms with Gasteiger partial charge in [-0.05, 0) is 24.3 Å². The predicted molar refractivity (Wildman–Crippen MR) is 108 cm³/mol. The molecule has 28 heavy (non-hydrogen) atoms. The summed E-state index contributed by atoms with van der Waals surface area (Å²) in [6.07, 6.45) is 0. The Morgan fingerprint density at radius 2 is 1.82 bits per heavy atom. The highest BCUT2D eigenvalue weighted by Gasteiger charge is 2.26. The number of nitrogens with zero attached hydrogens (tertiary/aromatic N) is 3. The number of nitrogens with one attached hydrogen (secondary N) is 1. The van der Waals surface area contributed by atoms with Gasteiger partial charge < -0.3 is 4.74 Å². The standard InChI is InChI=1S/C17H15ClN4O4S2/c1-22(12-7-3-2-4-8-12)28(24,25)17-21-20-16(27-17)19-15(23)11-26-14-10-6-5-9-13(14)18/h2-10H,11H2,1H3,(H,19,20,23). The Morgan fingerprint density at radius 3 is 2.54 bits per heavy atom. The lowest BCUT2D eigenvalue weighted by Crippen LogP contribution is -2.26. The third-order valence-corrected chi connectivity index (χ3v) is 6.83. The van der Waals surface area contributed by atoms with Gasteiger partial charge in [-0.2, -0.15) is 8.42 Å². The molecule has 11 heteroatoms. The van der Waals surface area contributed by atoms with Crippen LogP contribution in [-0.2, 0) is 14.8 Å². The number of hydrogen-bond acceptors (Lipinski definition) is 7. The molecule has 0 atom stereocenters. The second kappa shape index (κ2) is 8.55. The van der Waals surface area contributed by atoms with E-state index in [-0.39, 0.29) is 16.1 Å². The summed E-state index contributed by atoms with van der Waals surface area (Å²) in [5.74, 6) is -0.152. The van der Waals surface area contributed by atoms with Crippen molar-refractivity contribution in [2.24, 2.45) is 0 Å². The summed E-state index contributed by atoms with van der Waals surface area (Å²) < 4.78 is 31.5. The van der Waals surface area contributed by atoms with Crippen molar-refractivity contribution in [3.63, 3.8) is 0 Å². The molecule has 2 aromatic carbocycles. The maximum Gasteiger partial charge on any atom is 0.293 e. The Labute approximate surface area is 170 Å². The SMILES string of the molecule is CN(c1ccccc1)S(=O)(=O)c1nnc(NC(=O)COc2ccccc2Cl)s1. The number of para-hydroxylation sites is 2. The van der Waals surface area contributed by atoms with Crippen molar-refractivity contribution in [3.05, 3.63) is 59.6 Å². The Kier molecular flexibility index (Phi) is 6.12. The van der Waals surface area contributed by atoms with E-state index in [1.54, 1.807) is 54.6 Å². The summed E-state index contributed by atoms with van der Waals surface area (Å²) in [5, 5.41) is 10.3. The third-order valence-electron chi connectivity index (χ3n) is 3.55. The molecule has 0 radical (unpaired) electrons. The first-order chi connectivity index (χ1) is 13.4. The lowest BCUT2D eigenvalue weighted by Gasteiger charge is -2.16. The quantitative estimate of drug-likeness (QED) is 0.569. The van der Waals surface area contributed by atoms with Crippen molar-refractivity contribution < 1.29 is 17.9 Å². The van der Waals surface area contributed by atoms with E-state index in [0.717, 1.165) is 15.6 Å². The molecule has 0 aliphatic heterocycles. The molecule has 0 aliphatic carbocycles. The fourth-order valence-corrected chi connectivity index (χ4v) is 4.57. The molecule has 0 saturated heterocycles. The van der Waals surface area contributed by atoms with Gasteiger partial charge in [-0.3, -0.25) is 14.4 Å². The van der Waals surface area contributed by atoms with Crippen molar-refractivity contribution in [1.29, 1.82) is 0 Å². The predicted octanol–water partition coefficient (Wildman–Crippen LogP) is 3.03. The van der Waals surface area contributed by atoms with E-state index in [1.807, 2.05) is 0 Å². The van der Waals surface area contributed by atoms with Crippen LogP contribution in [-0.4, -0.2) is 38.2 Å². The van der Waals surface area contributed by atoms with Crippen molar-refractivity contribution in [2.45, 2.75) is 4.34 Å². The minimum Gasteiger partial charge on any atom is -0.482 e. The van der Waals surface area contributed by atoms with Crippen molar-refractivity contribution in [3.8, 4) is 5.75 Å². The van der Waals surface area contributed by atoms with Crippen LogP contribution < -0.4 is 14.4 Å². The Hall–Kier alpha value is -2.69. The maximum absolute atomic E-state index is 12.7. The van der Waals surface area contributed by atoms with Crippen LogP contribution in [0.5, 0.6) is 5.75 Å². The Balaban J connectivity index is 1.65. The largest absolute Gasteiger partial charge is 0.482 e. The minimum atomic E-state index is -3.89. The first kappa shape index (κ1) is 20.1. The van der Waals surface area contributed by atoms with E-state index in [9.17, 15) is 13.2 Å². The zero-order valence-electron chi connectivity index (χ0n) is 14.6. The number of carbonyl (C=O) groups excluding carboxylic acids is 1. The first-order valence-corrected chi connectivity index (χ1v) is 10.6. The molecule has 1 heterocycles. The van der Waals surface area contributed by atoms with Gasteiger partial charge in [0.1, 0.15) is 5.75 Å². The molecule has 1 aromatic heterocycles. The number of hydrogen-bond donors (Lipinski definition) is 1. The number of anilines is 2. The van der Waals surface area contributed by atoms with Crippen LogP contribution in [0.3, 0.4) is 0 Å². The summed E-state index contributed by atoms with van der Waals surface area (Å²) >= 11 is 6.70. The molecule has 0 saturated carbocycles. The molecule has 0 bridgehead atoms. The van der Waals surface area contributed by atoms with E-state index in [1.165, 1.54) is 7.05 Å². The molecule has 1 amide bonds. The summed E-state index contributed by atoms with van der Waals surface area (Å²) in [6.45, 7) is -0.310. The normalized spacial score (nSPS) is 11.1. The van der Waals surface area contributed by atoms with Crippen molar-refractivity contribution in [1.82, 2.24) is 10.2 Å². The number of aromatic nitrogens is 2. The third kappa shape index (κ3) is 4.58. The van der Waals surface area contributed by atoms with E-state index < -0.39 is 15.9 Å². The van der Waals surface area contributed by atoms with E-state index in [2.05, 4.69) is 15.5 Å². The number of ether oxygens (including phenoxy) is 1. The molecular formula is C17H15ClN4O4S2. The van der Waals surface area contributed by atoms with Gasteiger partial charge in [-0.15, -0.1) is 10.2 Å². The van der Waals surface area contributed by atoms with Gasteiger partial charge >= 0.3 is 0 Å². The number of amides is 1. The van der Waals surface area contributed by atoms with Crippen LogP contribution in [0.25, 0.3) is 0 Å². The fourth-order valence-electron chi connectivity index (χ4n) is 2.12. The van der Waals surface area contributed by atoms with Crippen LogP contribution in [0.4, 0.5) is 10.8 Å².